The first-order valence-electron chi connectivity index (χ1n) is 3.65. The highest BCUT2D eigenvalue weighted by atomic mass is 19.1. The summed E-state index contributed by atoms with van der Waals surface area (Å²) in [6, 6.07) is 2.51. The molecule has 1 aromatic heterocycles. The van der Waals surface area contributed by atoms with Crippen molar-refractivity contribution in [2.45, 2.75) is 12.5 Å². The molecule has 4 N–H and O–H groups in total. The van der Waals surface area contributed by atoms with Gasteiger partial charge in [-0.15, -0.1) is 0 Å². The van der Waals surface area contributed by atoms with E-state index in [0.717, 1.165) is 6.20 Å². The van der Waals surface area contributed by atoms with Gasteiger partial charge < -0.3 is 11.5 Å². The number of amides is 1. The molecule has 0 radical (unpaired) electrons. The SMILES string of the molecule is CC(N)(C(N)=O)c1ccc(F)cn1. The van der Waals surface area contributed by atoms with E-state index in [0.29, 0.717) is 0 Å². The maximum Gasteiger partial charge on any atom is 0.243 e. The number of carbonyl (C=O) groups excluding carboxylic acids is 1. The first-order valence-corrected chi connectivity index (χ1v) is 3.65. The van der Waals surface area contributed by atoms with E-state index in [-0.39, 0.29) is 5.69 Å². The molecule has 0 spiro atoms. The van der Waals surface area contributed by atoms with E-state index in [1.807, 2.05) is 0 Å². The zero-order valence-corrected chi connectivity index (χ0v) is 7.12. The van der Waals surface area contributed by atoms with Gasteiger partial charge in [-0.25, -0.2) is 4.39 Å². The van der Waals surface area contributed by atoms with Crippen LogP contribution >= 0.6 is 0 Å². The molecule has 1 heterocycles. The molecule has 0 bridgehead atoms. The lowest BCUT2D eigenvalue weighted by atomic mass is 9.98. The van der Waals surface area contributed by atoms with Crippen LogP contribution in [0.3, 0.4) is 0 Å². The van der Waals surface area contributed by atoms with Crippen molar-refractivity contribution >= 4 is 5.91 Å². The maximum absolute atomic E-state index is 12.5. The summed E-state index contributed by atoms with van der Waals surface area (Å²) in [5.74, 6) is -1.18. The minimum atomic E-state index is -1.35. The zero-order chi connectivity index (χ0) is 10.1. The van der Waals surface area contributed by atoms with Crippen LogP contribution in [0.1, 0.15) is 12.6 Å². The van der Waals surface area contributed by atoms with Crippen molar-refractivity contribution in [2.75, 3.05) is 0 Å². The molecule has 1 aromatic rings. The third-order valence-electron chi connectivity index (χ3n) is 1.77. The number of rotatable bonds is 2. The normalized spacial score (nSPS) is 15.0. The molecule has 0 aliphatic rings. The molecule has 0 saturated carbocycles. The van der Waals surface area contributed by atoms with Crippen LogP contribution in [-0.2, 0) is 10.3 Å². The highest BCUT2D eigenvalue weighted by Crippen LogP contribution is 2.14. The largest absolute Gasteiger partial charge is 0.368 e. The molecule has 13 heavy (non-hydrogen) atoms. The second-order valence-corrected chi connectivity index (χ2v) is 2.93. The fraction of sp³-hybridized carbons (Fsp3) is 0.250. The molecule has 0 fully saturated rings. The number of pyridine rings is 1. The molecule has 0 aliphatic heterocycles. The van der Waals surface area contributed by atoms with Crippen molar-refractivity contribution in [2.24, 2.45) is 11.5 Å². The van der Waals surface area contributed by atoms with Crippen LogP contribution in [0.15, 0.2) is 18.3 Å². The first kappa shape index (κ1) is 9.60. The summed E-state index contributed by atoms with van der Waals surface area (Å²) in [5, 5.41) is 0. The highest BCUT2D eigenvalue weighted by molar-refractivity contribution is 5.84. The number of hydrogen-bond donors (Lipinski definition) is 2. The molecule has 70 valence electrons. The molecular weight excluding hydrogens is 173 g/mol. The van der Waals surface area contributed by atoms with Crippen molar-refractivity contribution in [3.63, 3.8) is 0 Å². The number of nitrogens with zero attached hydrogens (tertiary/aromatic N) is 1. The molecule has 4 nitrogen and oxygen atoms in total. The Morgan fingerprint density at radius 1 is 1.62 bits per heavy atom. The average molecular weight is 183 g/mol. The Balaban J connectivity index is 3.08. The van der Waals surface area contributed by atoms with Gasteiger partial charge in [-0.3, -0.25) is 9.78 Å². The second-order valence-electron chi connectivity index (χ2n) is 2.93. The lowest BCUT2D eigenvalue weighted by Gasteiger charge is -2.19. The van der Waals surface area contributed by atoms with Gasteiger partial charge in [0.2, 0.25) is 5.91 Å². The average Bonchev–Trinajstić information content (AvgIpc) is 2.04. The molecule has 1 atom stereocenters. The number of carbonyl (C=O) groups is 1. The number of nitrogens with two attached hydrogens (primary N) is 2. The van der Waals surface area contributed by atoms with Gasteiger partial charge in [0.1, 0.15) is 11.4 Å². The topological polar surface area (TPSA) is 82.0 Å². The molecule has 0 saturated heterocycles. The molecule has 1 amide bonds. The monoisotopic (exact) mass is 183 g/mol. The number of halogens is 1. The summed E-state index contributed by atoms with van der Waals surface area (Å²) in [6.45, 7) is 1.43. The standard InChI is InChI=1S/C8H10FN3O/c1-8(11,7(10)13)6-3-2-5(9)4-12-6/h2-4H,11H2,1H3,(H2,10,13). The van der Waals surface area contributed by atoms with Crippen LogP contribution < -0.4 is 11.5 Å². The smallest absolute Gasteiger partial charge is 0.243 e. The van der Waals surface area contributed by atoms with Gasteiger partial charge in [-0.2, -0.15) is 0 Å². The van der Waals surface area contributed by atoms with Crippen LogP contribution in [-0.4, -0.2) is 10.9 Å². The van der Waals surface area contributed by atoms with Crippen LogP contribution in [0.4, 0.5) is 4.39 Å². The summed E-state index contributed by atoms with van der Waals surface area (Å²) in [5.41, 5.74) is 9.51. The molecule has 0 aromatic carbocycles. The van der Waals surface area contributed by atoms with Gasteiger partial charge in [0, 0.05) is 0 Å². The summed E-state index contributed by atoms with van der Waals surface area (Å²) >= 11 is 0. The number of hydrogen-bond acceptors (Lipinski definition) is 3. The highest BCUT2D eigenvalue weighted by Gasteiger charge is 2.29. The first-order chi connectivity index (χ1) is 5.94. The molecule has 5 heteroatoms. The van der Waals surface area contributed by atoms with Crippen molar-refractivity contribution < 1.29 is 9.18 Å². The summed E-state index contributed by atoms with van der Waals surface area (Å²) in [7, 11) is 0. The fourth-order valence-electron chi connectivity index (χ4n) is 0.809. The number of aromatic nitrogens is 1. The third kappa shape index (κ3) is 1.81. The summed E-state index contributed by atoms with van der Waals surface area (Å²) in [6.07, 6.45) is 0.989. The van der Waals surface area contributed by atoms with Crippen molar-refractivity contribution in [3.8, 4) is 0 Å². The Morgan fingerprint density at radius 3 is 2.62 bits per heavy atom. The molecule has 0 aliphatic carbocycles. The zero-order valence-electron chi connectivity index (χ0n) is 7.12. The van der Waals surface area contributed by atoms with Crippen molar-refractivity contribution in [3.05, 3.63) is 29.8 Å². The van der Waals surface area contributed by atoms with Crippen LogP contribution in [0.25, 0.3) is 0 Å². The van der Waals surface area contributed by atoms with E-state index in [1.54, 1.807) is 0 Å². The fourth-order valence-corrected chi connectivity index (χ4v) is 0.809. The van der Waals surface area contributed by atoms with E-state index in [1.165, 1.54) is 19.1 Å². The maximum atomic E-state index is 12.5. The Bertz CT molecular complexity index is 321. The second kappa shape index (κ2) is 3.10. The summed E-state index contributed by atoms with van der Waals surface area (Å²) in [4.78, 5) is 14.5. The lowest BCUT2D eigenvalue weighted by molar-refractivity contribution is -0.122. The van der Waals surface area contributed by atoms with Crippen molar-refractivity contribution in [1.29, 1.82) is 0 Å². The Kier molecular flexibility index (Phi) is 2.29. The van der Waals surface area contributed by atoms with Crippen LogP contribution in [0.2, 0.25) is 0 Å². The third-order valence-corrected chi connectivity index (χ3v) is 1.77. The van der Waals surface area contributed by atoms with Gasteiger partial charge in [-0.05, 0) is 19.1 Å². The molecular formula is C8H10FN3O. The minimum absolute atomic E-state index is 0.251. The van der Waals surface area contributed by atoms with Gasteiger partial charge in [0.15, 0.2) is 0 Å². The predicted octanol–water partition coefficient (Wildman–Crippen LogP) is -0.120. The van der Waals surface area contributed by atoms with Crippen LogP contribution in [0, 0.1) is 5.82 Å². The van der Waals surface area contributed by atoms with E-state index >= 15 is 0 Å². The predicted molar refractivity (Wildman–Crippen MR) is 44.9 cm³/mol. The Labute approximate surface area is 74.8 Å². The van der Waals surface area contributed by atoms with E-state index in [2.05, 4.69) is 4.98 Å². The van der Waals surface area contributed by atoms with E-state index in [4.69, 9.17) is 11.5 Å². The van der Waals surface area contributed by atoms with Crippen molar-refractivity contribution in [1.82, 2.24) is 4.98 Å². The molecule has 1 unspecified atom stereocenters. The Morgan fingerprint density at radius 2 is 2.23 bits per heavy atom. The van der Waals surface area contributed by atoms with Crippen LogP contribution in [0.5, 0.6) is 0 Å². The summed E-state index contributed by atoms with van der Waals surface area (Å²) < 4.78 is 12.5. The molecule has 1 rings (SSSR count). The minimum Gasteiger partial charge on any atom is -0.368 e. The van der Waals surface area contributed by atoms with E-state index in [9.17, 15) is 9.18 Å². The quantitative estimate of drug-likeness (QED) is 0.670. The lowest BCUT2D eigenvalue weighted by Crippen LogP contribution is -2.47. The Hall–Kier alpha value is -1.49. The van der Waals surface area contributed by atoms with Gasteiger partial charge in [0.25, 0.3) is 0 Å². The van der Waals surface area contributed by atoms with Gasteiger partial charge in [0.05, 0.1) is 11.9 Å². The van der Waals surface area contributed by atoms with Gasteiger partial charge >= 0.3 is 0 Å². The van der Waals surface area contributed by atoms with Gasteiger partial charge in [-0.1, -0.05) is 0 Å². The van der Waals surface area contributed by atoms with E-state index < -0.39 is 17.3 Å². The number of primary amides is 1.